The van der Waals surface area contributed by atoms with E-state index in [0.717, 1.165) is 17.9 Å². The molecule has 1 saturated heterocycles. The number of hydrogen-bond donors (Lipinski definition) is 1. The molecule has 0 bridgehead atoms. The van der Waals surface area contributed by atoms with Crippen molar-refractivity contribution in [1.29, 1.82) is 0 Å². The van der Waals surface area contributed by atoms with Gasteiger partial charge in [0, 0.05) is 26.2 Å². The van der Waals surface area contributed by atoms with Gasteiger partial charge in [-0.15, -0.1) is 0 Å². The summed E-state index contributed by atoms with van der Waals surface area (Å²) >= 11 is 0. The number of carbonyl (C=O) groups is 2. The first-order chi connectivity index (χ1) is 13.1. The van der Waals surface area contributed by atoms with Gasteiger partial charge in [-0.3, -0.25) is 14.5 Å². The largest absolute Gasteiger partial charge is 0.465 e. The molecule has 1 fully saturated rings. The van der Waals surface area contributed by atoms with Crippen molar-refractivity contribution in [2.75, 3.05) is 19.6 Å². The normalized spacial score (nSPS) is 20.3. The van der Waals surface area contributed by atoms with Crippen LogP contribution in [0.4, 0.5) is 0 Å². The summed E-state index contributed by atoms with van der Waals surface area (Å²) in [6.07, 6.45) is 1.07. The molecule has 6 heteroatoms. The zero-order chi connectivity index (χ0) is 18.8. The maximum atomic E-state index is 12.9. The predicted octanol–water partition coefficient (Wildman–Crippen LogP) is 1.86. The van der Waals surface area contributed by atoms with Gasteiger partial charge in [0.05, 0.1) is 19.0 Å². The van der Waals surface area contributed by atoms with Crippen LogP contribution in [0.2, 0.25) is 0 Å². The molecular formula is C21H25N3O3. The molecule has 27 heavy (non-hydrogen) atoms. The zero-order valence-electron chi connectivity index (χ0n) is 15.6. The summed E-state index contributed by atoms with van der Waals surface area (Å²) in [6.45, 7) is 5.10. The van der Waals surface area contributed by atoms with Gasteiger partial charge >= 0.3 is 0 Å². The number of fused-ring (bicyclic) bond motifs is 1. The first kappa shape index (κ1) is 17.8. The lowest BCUT2D eigenvalue weighted by atomic mass is 9.99. The minimum absolute atomic E-state index is 0.0344. The highest BCUT2D eigenvalue weighted by Gasteiger charge is 2.34. The number of piperazine rings is 1. The van der Waals surface area contributed by atoms with Gasteiger partial charge in [0.15, 0.2) is 0 Å². The SMILES string of the molecule is Cc1ccc(CN2CCNC(=O)C2CC(=O)N2CCc3ccccc3C2)o1. The zero-order valence-corrected chi connectivity index (χ0v) is 15.6. The van der Waals surface area contributed by atoms with Crippen LogP contribution in [0.25, 0.3) is 0 Å². The number of hydrogen-bond acceptors (Lipinski definition) is 4. The summed E-state index contributed by atoms with van der Waals surface area (Å²) < 4.78 is 5.66. The second kappa shape index (κ2) is 7.56. The van der Waals surface area contributed by atoms with E-state index in [1.54, 1.807) is 0 Å². The summed E-state index contributed by atoms with van der Waals surface area (Å²) in [7, 11) is 0. The minimum Gasteiger partial charge on any atom is -0.465 e. The second-order valence-corrected chi connectivity index (χ2v) is 7.33. The predicted molar refractivity (Wildman–Crippen MR) is 101 cm³/mol. The van der Waals surface area contributed by atoms with E-state index < -0.39 is 6.04 Å². The molecule has 1 atom stereocenters. The molecular weight excluding hydrogens is 342 g/mol. The van der Waals surface area contributed by atoms with E-state index in [1.807, 2.05) is 41.0 Å². The van der Waals surface area contributed by atoms with Gasteiger partial charge in [-0.1, -0.05) is 24.3 Å². The van der Waals surface area contributed by atoms with Gasteiger partial charge < -0.3 is 14.6 Å². The lowest BCUT2D eigenvalue weighted by molar-refractivity contribution is -0.139. The fourth-order valence-corrected chi connectivity index (χ4v) is 3.95. The number of carbonyl (C=O) groups excluding carboxylic acids is 2. The van der Waals surface area contributed by atoms with E-state index >= 15 is 0 Å². The Kier molecular flexibility index (Phi) is 4.99. The highest BCUT2D eigenvalue weighted by atomic mass is 16.3. The minimum atomic E-state index is -0.450. The van der Waals surface area contributed by atoms with Gasteiger partial charge in [-0.05, 0) is 36.6 Å². The van der Waals surface area contributed by atoms with Gasteiger partial charge in [0.1, 0.15) is 11.5 Å². The van der Waals surface area contributed by atoms with Crippen molar-refractivity contribution < 1.29 is 14.0 Å². The number of rotatable bonds is 4. The van der Waals surface area contributed by atoms with Gasteiger partial charge in [-0.25, -0.2) is 0 Å². The molecule has 1 aromatic heterocycles. The monoisotopic (exact) mass is 367 g/mol. The Bertz CT molecular complexity index is 845. The van der Waals surface area contributed by atoms with Crippen LogP contribution in [0.3, 0.4) is 0 Å². The molecule has 1 aromatic carbocycles. The van der Waals surface area contributed by atoms with Crippen LogP contribution in [0.15, 0.2) is 40.8 Å². The van der Waals surface area contributed by atoms with Crippen LogP contribution < -0.4 is 5.32 Å². The highest BCUT2D eigenvalue weighted by Crippen LogP contribution is 2.21. The number of nitrogens with zero attached hydrogens (tertiary/aromatic N) is 2. The number of aryl methyl sites for hydroxylation is 1. The lowest BCUT2D eigenvalue weighted by Gasteiger charge is -2.36. The average molecular weight is 367 g/mol. The fraction of sp³-hybridized carbons (Fsp3) is 0.429. The van der Waals surface area contributed by atoms with Crippen molar-refractivity contribution in [3.8, 4) is 0 Å². The molecule has 0 spiro atoms. The van der Waals surface area contributed by atoms with E-state index in [1.165, 1.54) is 11.1 Å². The molecule has 0 radical (unpaired) electrons. The maximum absolute atomic E-state index is 12.9. The van der Waals surface area contributed by atoms with Crippen molar-refractivity contribution in [3.05, 3.63) is 59.0 Å². The molecule has 6 nitrogen and oxygen atoms in total. The molecule has 3 heterocycles. The van der Waals surface area contributed by atoms with Crippen molar-refractivity contribution in [3.63, 3.8) is 0 Å². The molecule has 2 aliphatic heterocycles. The Morgan fingerprint density at radius 3 is 2.78 bits per heavy atom. The molecule has 4 rings (SSSR count). The van der Waals surface area contributed by atoms with Crippen molar-refractivity contribution in [1.82, 2.24) is 15.1 Å². The van der Waals surface area contributed by atoms with Crippen LogP contribution in [0.5, 0.6) is 0 Å². The Labute approximate surface area is 159 Å². The molecule has 0 saturated carbocycles. The van der Waals surface area contributed by atoms with E-state index in [2.05, 4.69) is 17.4 Å². The summed E-state index contributed by atoms with van der Waals surface area (Å²) in [5, 5.41) is 2.90. The van der Waals surface area contributed by atoms with E-state index in [4.69, 9.17) is 4.42 Å². The van der Waals surface area contributed by atoms with Crippen LogP contribution in [0.1, 0.15) is 29.1 Å². The van der Waals surface area contributed by atoms with Crippen molar-refractivity contribution >= 4 is 11.8 Å². The molecule has 1 unspecified atom stereocenters. The number of nitrogens with one attached hydrogen (secondary N) is 1. The van der Waals surface area contributed by atoms with Crippen molar-refractivity contribution in [2.45, 2.75) is 38.9 Å². The first-order valence-corrected chi connectivity index (χ1v) is 9.52. The molecule has 2 aliphatic rings. The van der Waals surface area contributed by atoms with E-state index in [-0.39, 0.29) is 18.2 Å². The molecule has 2 amide bonds. The number of furan rings is 1. The smallest absolute Gasteiger partial charge is 0.237 e. The van der Waals surface area contributed by atoms with E-state index in [0.29, 0.717) is 32.7 Å². The van der Waals surface area contributed by atoms with Gasteiger partial charge in [0.2, 0.25) is 11.8 Å². The molecule has 2 aromatic rings. The Morgan fingerprint density at radius 1 is 1.19 bits per heavy atom. The third-order valence-electron chi connectivity index (χ3n) is 5.45. The molecule has 142 valence electrons. The van der Waals surface area contributed by atoms with Crippen LogP contribution in [-0.4, -0.2) is 47.3 Å². The third kappa shape index (κ3) is 3.90. The number of benzene rings is 1. The standard InChI is InChI=1S/C21H25N3O3/c1-15-6-7-18(27-15)14-23-11-9-22-21(26)19(23)12-20(25)24-10-8-16-4-2-3-5-17(16)13-24/h2-7,19H,8-14H2,1H3,(H,22,26). The second-order valence-electron chi connectivity index (χ2n) is 7.33. The summed E-state index contributed by atoms with van der Waals surface area (Å²) in [6, 6.07) is 11.7. The van der Waals surface area contributed by atoms with Crippen LogP contribution in [-0.2, 0) is 29.1 Å². The summed E-state index contributed by atoms with van der Waals surface area (Å²) in [4.78, 5) is 29.3. The topological polar surface area (TPSA) is 65.8 Å². The van der Waals surface area contributed by atoms with Crippen LogP contribution in [0, 0.1) is 6.92 Å². The summed E-state index contributed by atoms with van der Waals surface area (Å²) in [5.41, 5.74) is 2.51. The maximum Gasteiger partial charge on any atom is 0.237 e. The fourth-order valence-electron chi connectivity index (χ4n) is 3.95. The quantitative estimate of drug-likeness (QED) is 0.896. The average Bonchev–Trinajstić information content (AvgIpc) is 3.08. The summed E-state index contributed by atoms with van der Waals surface area (Å²) in [5.74, 6) is 1.64. The van der Waals surface area contributed by atoms with Crippen LogP contribution >= 0.6 is 0 Å². The van der Waals surface area contributed by atoms with Gasteiger partial charge in [0.25, 0.3) is 0 Å². The van der Waals surface area contributed by atoms with Crippen molar-refractivity contribution in [2.24, 2.45) is 0 Å². The Balaban J connectivity index is 1.44. The Hall–Kier alpha value is -2.60. The molecule has 1 N–H and O–H groups in total. The first-order valence-electron chi connectivity index (χ1n) is 9.52. The Morgan fingerprint density at radius 2 is 2.00 bits per heavy atom. The van der Waals surface area contributed by atoms with E-state index in [9.17, 15) is 9.59 Å². The highest BCUT2D eigenvalue weighted by molar-refractivity contribution is 5.89. The third-order valence-corrected chi connectivity index (χ3v) is 5.45. The molecule has 0 aliphatic carbocycles. The lowest BCUT2D eigenvalue weighted by Crippen LogP contribution is -2.56. The number of amides is 2. The van der Waals surface area contributed by atoms with Gasteiger partial charge in [-0.2, -0.15) is 0 Å².